The first kappa shape index (κ1) is 16.5. The van der Waals surface area contributed by atoms with Crippen LogP contribution in [-0.2, 0) is 0 Å². The van der Waals surface area contributed by atoms with Gasteiger partial charge in [0.05, 0.1) is 23.7 Å². The van der Waals surface area contributed by atoms with Gasteiger partial charge < -0.3 is 4.74 Å². The van der Waals surface area contributed by atoms with Crippen LogP contribution in [0.15, 0.2) is 82.1 Å². The lowest BCUT2D eigenvalue weighted by Crippen LogP contribution is -2.22. The molecule has 1 aromatic heterocycles. The molecule has 0 unspecified atom stereocenters. The summed E-state index contributed by atoms with van der Waals surface area (Å²) in [7, 11) is 1.61. The molecule has 0 aliphatic heterocycles. The number of ether oxygens (including phenoxy) is 1. The number of aromatic nitrogens is 2. The van der Waals surface area contributed by atoms with Crippen LogP contribution in [0.3, 0.4) is 0 Å². The van der Waals surface area contributed by atoms with Crippen LogP contribution in [0.5, 0.6) is 5.75 Å². The van der Waals surface area contributed by atoms with Gasteiger partial charge in [-0.1, -0.05) is 52.3 Å². The minimum absolute atomic E-state index is 0.116. The van der Waals surface area contributed by atoms with Crippen molar-refractivity contribution in [2.45, 2.75) is 0 Å². The van der Waals surface area contributed by atoms with Gasteiger partial charge in [0.1, 0.15) is 11.6 Å². The fourth-order valence-electron chi connectivity index (χ4n) is 2.95. The molecule has 0 saturated heterocycles. The number of nitrogens with zero attached hydrogens (tertiary/aromatic N) is 2. The van der Waals surface area contributed by atoms with Gasteiger partial charge in [-0.3, -0.25) is 9.36 Å². The third-order valence-electron chi connectivity index (χ3n) is 4.20. The molecule has 0 radical (unpaired) electrons. The quantitative estimate of drug-likeness (QED) is 0.489. The van der Waals surface area contributed by atoms with Crippen LogP contribution in [0.25, 0.3) is 28.0 Å². The summed E-state index contributed by atoms with van der Waals surface area (Å²) >= 11 is 3.58. The molecular weight excluding hydrogens is 392 g/mol. The molecule has 0 bridgehead atoms. The van der Waals surface area contributed by atoms with Gasteiger partial charge in [-0.25, -0.2) is 4.98 Å². The fraction of sp³-hybridized carbons (Fsp3) is 0.0476. The predicted octanol–water partition coefficient (Wildman–Crippen LogP) is 4.82. The summed E-state index contributed by atoms with van der Waals surface area (Å²) in [5.74, 6) is 1.26. The highest BCUT2D eigenvalue weighted by atomic mass is 79.9. The Morgan fingerprint density at radius 2 is 1.73 bits per heavy atom. The Labute approximate surface area is 158 Å². The average molecular weight is 407 g/mol. The molecule has 0 amide bonds. The van der Waals surface area contributed by atoms with Gasteiger partial charge in [0.25, 0.3) is 5.56 Å². The van der Waals surface area contributed by atoms with E-state index in [1.54, 1.807) is 17.7 Å². The van der Waals surface area contributed by atoms with E-state index in [0.717, 1.165) is 10.0 Å². The number of hydrogen-bond donors (Lipinski definition) is 0. The zero-order valence-electron chi connectivity index (χ0n) is 14.0. The number of halogens is 1. The van der Waals surface area contributed by atoms with E-state index in [4.69, 9.17) is 9.72 Å². The second-order valence-corrected chi connectivity index (χ2v) is 6.63. The number of benzene rings is 3. The molecule has 128 valence electrons. The van der Waals surface area contributed by atoms with Gasteiger partial charge in [0.2, 0.25) is 0 Å². The Bertz CT molecular complexity index is 1170. The first-order valence-electron chi connectivity index (χ1n) is 8.10. The van der Waals surface area contributed by atoms with E-state index >= 15 is 0 Å². The maximum Gasteiger partial charge on any atom is 0.266 e. The molecule has 0 atom stereocenters. The molecule has 1 heterocycles. The Morgan fingerprint density at radius 3 is 2.54 bits per heavy atom. The van der Waals surface area contributed by atoms with Crippen molar-refractivity contribution in [3.05, 3.63) is 87.6 Å². The van der Waals surface area contributed by atoms with E-state index in [0.29, 0.717) is 28.2 Å². The van der Waals surface area contributed by atoms with E-state index in [1.165, 1.54) is 0 Å². The predicted molar refractivity (Wildman–Crippen MR) is 107 cm³/mol. The van der Waals surface area contributed by atoms with Crippen LogP contribution < -0.4 is 10.3 Å². The average Bonchev–Trinajstić information content (AvgIpc) is 2.68. The van der Waals surface area contributed by atoms with Crippen molar-refractivity contribution in [3.8, 4) is 22.8 Å². The van der Waals surface area contributed by atoms with Gasteiger partial charge in [0.15, 0.2) is 0 Å². The van der Waals surface area contributed by atoms with E-state index in [1.807, 2.05) is 66.7 Å². The maximum atomic E-state index is 13.3. The molecule has 4 rings (SSSR count). The number of para-hydroxylation sites is 1. The van der Waals surface area contributed by atoms with Crippen LogP contribution in [0, 0.1) is 0 Å². The van der Waals surface area contributed by atoms with Crippen molar-refractivity contribution in [1.82, 2.24) is 9.55 Å². The molecule has 26 heavy (non-hydrogen) atoms. The summed E-state index contributed by atoms with van der Waals surface area (Å²) in [5.41, 5.74) is 2.11. The van der Waals surface area contributed by atoms with Crippen molar-refractivity contribution in [3.63, 3.8) is 0 Å². The molecule has 0 saturated carbocycles. The Kier molecular flexibility index (Phi) is 4.31. The maximum absolute atomic E-state index is 13.3. The van der Waals surface area contributed by atoms with Gasteiger partial charge in [0, 0.05) is 16.1 Å². The highest BCUT2D eigenvalue weighted by Gasteiger charge is 2.16. The lowest BCUT2D eigenvalue weighted by molar-refractivity contribution is 0.414. The Morgan fingerprint density at radius 1 is 0.962 bits per heavy atom. The van der Waals surface area contributed by atoms with Crippen molar-refractivity contribution < 1.29 is 4.74 Å². The van der Waals surface area contributed by atoms with Crippen LogP contribution in [0.4, 0.5) is 0 Å². The van der Waals surface area contributed by atoms with Gasteiger partial charge >= 0.3 is 0 Å². The minimum atomic E-state index is -0.116. The first-order valence-corrected chi connectivity index (χ1v) is 8.89. The highest BCUT2D eigenvalue weighted by Crippen LogP contribution is 2.29. The standard InChI is InChI=1S/C21H15BrN2O2/c1-26-15-8-6-7-14(13-15)24-20(16-9-2-4-11-18(16)22)23-19-12-5-3-10-17(19)21(24)25/h2-13H,1H3. The van der Waals surface area contributed by atoms with E-state index in [2.05, 4.69) is 15.9 Å². The number of rotatable bonds is 3. The number of fused-ring (bicyclic) bond motifs is 1. The summed E-state index contributed by atoms with van der Waals surface area (Å²) < 4.78 is 7.83. The van der Waals surface area contributed by atoms with E-state index in [-0.39, 0.29) is 5.56 Å². The second kappa shape index (κ2) is 6.77. The third-order valence-corrected chi connectivity index (χ3v) is 4.89. The molecule has 0 spiro atoms. The topological polar surface area (TPSA) is 44.1 Å². The summed E-state index contributed by atoms with van der Waals surface area (Å²) in [4.78, 5) is 18.1. The highest BCUT2D eigenvalue weighted by molar-refractivity contribution is 9.10. The van der Waals surface area contributed by atoms with Gasteiger partial charge in [-0.2, -0.15) is 0 Å². The molecule has 4 aromatic rings. The summed E-state index contributed by atoms with van der Waals surface area (Å²) in [6, 6.07) is 22.5. The lowest BCUT2D eigenvalue weighted by Gasteiger charge is -2.15. The monoisotopic (exact) mass is 406 g/mol. The Hall–Kier alpha value is -2.92. The molecule has 3 aromatic carbocycles. The van der Waals surface area contributed by atoms with Crippen LogP contribution in [0.1, 0.15) is 0 Å². The SMILES string of the molecule is COc1cccc(-n2c(-c3ccccc3Br)nc3ccccc3c2=O)c1. The smallest absolute Gasteiger partial charge is 0.266 e. The number of methoxy groups -OCH3 is 1. The van der Waals surface area contributed by atoms with E-state index in [9.17, 15) is 4.79 Å². The fourth-order valence-corrected chi connectivity index (χ4v) is 3.41. The minimum Gasteiger partial charge on any atom is -0.497 e. The van der Waals surface area contributed by atoms with Crippen molar-refractivity contribution in [2.75, 3.05) is 7.11 Å². The molecule has 4 nitrogen and oxygen atoms in total. The number of hydrogen-bond acceptors (Lipinski definition) is 3. The normalized spacial score (nSPS) is 10.8. The lowest BCUT2D eigenvalue weighted by atomic mass is 10.1. The molecule has 0 aliphatic rings. The van der Waals surface area contributed by atoms with Crippen molar-refractivity contribution >= 4 is 26.8 Å². The van der Waals surface area contributed by atoms with Crippen molar-refractivity contribution in [1.29, 1.82) is 0 Å². The first-order chi connectivity index (χ1) is 12.7. The zero-order valence-corrected chi connectivity index (χ0v) is 15.6. The summed E-state index contributed by atoms with van der Waals surface area (Å²) in [5, 5.41) is 0.575. The molecule has 0 fully saturated rings. The van der Waals surface area contributed by atoms with Crippen molar-refractivity contribution in [2.24, 2.45) is 0 Å². The molecule has 0 N–H and O–H groups in total. The summed E-state index contributed by atoms with van der Waals surface area (Å²) in [6.07, 6.45) is 0. The summed E-state index contributed by atoms with van der Waals surface area (Å²) in [6.45, 7) is 0. The van der Waals surface area contributed by atoms with E-state index < -0.39 is 0 Å². The second-order valence-electron chi connectivity index (χ2n) is 5.77. The zero-order chi connectivity index (χ0) is 18.1. The van der Waals surface area contributed by atoms with Crippen LogP contribution in [-0.4, -0.2) is 16.7 Å². The third kappa shape index (κ3) is 2.80. The van der Waals surface area contributed by atoms with Crippen LogP contribution >= 0.6 is 15.9 Å². The molecule has 5 heteroatoms. The van der Waals surface area contributed by atoms with Gasteiger partial charge in [-0.05, 0) is 30.3 Å². The van der Waals surface area contributed by atoms with Crippen LogP contribution in [0.2, 0.25) is 0 Å². The Balaban J connectivity index is 2.13. The molecular formula is C21H15BrN2O2. The largest absolute Gasteiger partial charge is 0.497 e. The molecule has 0 aliphatic carbocycles. The van der Waals surface area contributed by atoms with Gasteiger partial charge in [-0.15, -0.1) is 0 Å².